The van der Waals surface area contributed by atoms with E-state index in [9.17, 15) is 18.0 Å². The van der Waals surface area contributed by atoms with Crippen molar-refractivity contribution in [1.82, 2.24) is 9.29 Å². The number of Topliss-reactive ketones (excluding diaryl/α,β-unsaturated/α-hetero) is 1. The van der Waals surface area contributed by atoms with Crippen molar-refractivity contribution in [2.75, 3.05) is 13.2 Å². The molecular weight excluding hydrogens is 394 g/mol. The largest absolute Gasteiger partial charge is 0.456 e. The van der Waals surface area contributed by atoms with Gasteiger partial charge in [-0.15, -0.1) is 0 Å². The highest BCUT2D eigenvalue weighted by Crippen LogP contribution is 2.20. The summed E-state index contributed by atoms with van der Waals surface area (Å²) >= 11 is 0. The Bertz CT molecular complexity index is 1080. The maximum absolute atomic E-state index is 12.4. The van der Waals surface area contributed by atoms with Crippen molar-refractivity contribution in [3.05, 3.63) is 52.8 Å². The first kappa shape index (κ1) is 22.3. The van der Waals surface area contributed by atoms with Gasteiger partial charge in [0.15, 0.2) is 6.61 Å². The van der Waals surface area contributed by atoms with Crippen LogP contribution in [0.25, 0.3) is 0 Å². The fourth-order valence-corrected chi connectivity index (χ4v) is 4.28. The van der Waals surface area contributed by atoms with E-state index in [0.29, 0.717) is 5.56 Å². The fraction of sp³-hybridized carbons (Fsp3) is 0.350. The van der Waals surface area contributed by atoms with Gasteiger partial charge in [-0.2, -0.15) is 9.98 Å². The monoisotopic (exact) mass is 417 g/mol. The van der Waals surface area contributed by atoms with Gasteiger partial charge >= 0.3 is 5.97 Å². The molecule has 1 heterocycles. The number of aromatic nitrogens is 1. The molecule has 2 aromatic rings. The Kier molecular flexibility index (Phi) is 6.95. The highest BCUT2D eigenvalue weighted by molar-refractivity contribution is 7.89. The minimum Gasteiger partial charge on any atom is -0.456 e. The quantitative estimate of drug-likeness (QED) is 0.520. The lowest BCUT2D eigenvalue weighted by atomic mass is 10.1. The smallest absolute Gasteiger partial charge is 0.321 e. The molecule has 0 aliphatic heterocycles. The normalized spacial score (nSPS) is 11.3. The Hall–Kier alpha value is -2.96. The number of nitrogens with one attached hydrogen (secondary N) is 1. The van der Waals surface area contributed by atoms with Crippen LogP contribution in [0.2, 0.25) is 0 Å². The van der Waals surface area contributed by atoms with Gasteiger partial charge in [-0.05, 0) is 45.9 Å². The number of carbonyl (C=O) groups is 2. The van der Waals surface area contributed by atoms with E-state index < -0.39 is 29.1 Å². The van der Waals surface area contributed by atoms with Crippen molar-refractivity contribution >= 4 is 21.8 Å². The van der Waals surface area contributed by atoms with Crippen LogP contribution in [0.3, 0.4) is 0 Å². The van der Waals surface area contributed by atoms with E-state index in [4.69, 9.17) is 10.00 Å². The zero-order valence-electron chi connectivity index (χ0n) is 16.7. The van der Waals surface area contributed by atoms with E-state index in [1.54, 1.807) is 12.1 Å². The van der Waals surface area contributed by atoms with Crippen molar-refractivity contribution in [3.8, 4) is 6.07 Å². The molecule has 0 aliphatic rings. The maximum Gasteiger partial charge on any atom is 0.321 e. The lowest BCUT2D eigenvalue weighted by Crippen LogP contribution is -2.32. The molecule has 29 heavy (non-hydrogen) atoms. The summed E-state index contributed by atoms with van der Waals surface area (Å²) in [4.78, 5) is 24.1. The number of benzene rings is 1. The molecule has 1 aromatic heterocycles. The molecule has 0 aliphatic carbocycles. The molecule has 0 saturated heterocycles. The average Bonchev–Trinajstić information content (AvgIpc) is 2.98. The van der Waals surface area contributed by atoms with E-state index in [0.717, 1.165) is 11.4 Å². The van der Waals surface area contributed by atoms with Gasteiger partial charge in [-0.3, -0.25) is 9.59 Å². The molecular formula is C20H23N3O5S. The number of aryl methyl sites for hydroxylation is 1. The number of hydrogen-bond donors (Lipinski definition) is 1. The fourth-order valence-electron chi connectivity index (χ4n) is 3.15. The first-order valence-corrected chi connectivity index (χ1v) is 10.4. The Balaban J connectivity index is 1.98. The number of ether oxygens (including phenoxy) is 1. The van der Waals surface area contributed by atoms with Crippen molar-refractivity contribution in [2.24, 2.45) is 0 Å². The predicted octanol–water partition coefficient (Wildman–Crippen LogP) is 2.26. The Morgan fingerprint density at radius 2 is 1.90 bits per heavy atom. The van der Waals surface area contributed by atoms with Gasteiger partial charge < -0.3 is 9.30 Å². The minimum absolute atomic E-state index is 0.0379. The zero-order valence-corrected chi connectivity index (χ0v) is 17.5. The number of ketones is 1. The highest BCUT2D eigenvalue weighted by atomic mass is 32.2. The number of nitrogens with zero attached hydrogens (tertiary/aromatic N) is 2. The lowest BCUT2D eigenvalue weighted by molar-refractivity contribution is -0.141. The number of rotatable bonds is 8. The first-order chi connectivity index (χ1) is 13.6. The number of esters is 1. The Morgan fingerprint density at radius 1 is 1.24 bits per heavy atom. The molecule has 9 heteroatoms. The third kappa shape index (κ3) is 5.10. The number of nitriles is 1. The summed E-state index contributed by atoms with van der Waals surface area (Å²) in [6, 6.07) is 9.35. The van der Waals surface area contributed by atoms with Crippen LogP contribution in [0.15, 0.2) is 35.2 Å². The van der Waals surface area contributed by atoms with E-state index in [-0.39, 0.29) is 22.3 Å². The maximum atomic E-state index is 12.4. The molecule has 0 atom stereocenters. The van der Waals surface area contributed by atoms with Crippen LogP contribution >= 0.6 is 0 Å². The van der Waals surface area contributed by atoms with Gasteiger partial charge in [0.2, 0.25) is 15.8 Å². The lowest BCUT2D eigenvalue weighted by Gasteiger charge is -2.13. The molecule has 0 bridgehead atoms. The van der Waals surface area contributed by atoms with E-state index in [2.05, 4.69) is 4.72 Å². The van der Waals surface area contributed by atoms with Crippen LogP contribution < -0.4 is 4.72 Å². The predicted molar refractivity (Wildman–Crippen MR) is 106 cm³/mol. The zero-order chi connectivity index (χ0) is 21.8. The third-order valence-corrected chi connectivity index (χ3v) is 5.83. The topological polar surface area (TPSA) is 118 Å². The molecule has 0 amide bonds. The van der Waals surface area contributed by atoms with Gasteiger partial charge in [0, 0.05) is 23.0 Å². The van der Waals surface area contributed by atoms with Gasteiger partial charge in [0.1, 0.15) is 12.6 Å². The van der Waals surface area contributed by atoms with Crippen LogP contribution in [-0.4, -0.2) is 37.9 Å². The van der Waals surface area contributed by atoms with Gasteiger partial charge in [0.05, 0.1) is 10.5 Å². The number of hydrogen-bond acceptors (Lipinski definition) is 6. The second-order valence-electron chi connectivity index (χ2n) is 6.76. The summed E-state index contributed by atoms with van der Waals surface area (Å²) in [5.74, 6) is -1.26. The molecule has 2 rings (SSSR count). The first-order valence-electron chi connectivity index (χ1n) is 8.94. The molecule has 1 aromatic carbocycles. The SMILES string of the molecule is Cc1cc(C(=O)COC(=O)CNS(=O)(=O)c2ccccc2C#N)c(C)n1C(C)C. The standard InChI is InChI=1S/C20H23N3O5S/c1-13(2)23-14(3)9-17(15(23)4)18(24)12-28-20(25)11-22-29(26,27)19-8-6-5-7-16(19)10-21/h5-9,13,22H,11-12H2,1-4H3. The van der Waals surface area contributed by atoms with E-state index in [1.807, 2.05) is 32.3 Å². The molecule has 0 spiro atoms. The molecule has 8 nitrogen and oxygen atoms in total. The van der Waals surface area contributed by atoms with Crippen LogP contribution in [0.4, 0.5) is 0 Å². The average molecular weight is 417 g/mol. The summed E-state index contributed by atoms with van der Waals surface area (Å²) in [5.41, 5.74) is 2.14. The molecule has 154 valence electrons. The molecule has 0 fully saturated rings. The van der Waals surface area contributed by atoms with E-state index in [1.165, 1.54) is 24.3 Å². The van der Waals surface area contributed by atoms with Crippen molar-refractivity contribution < 1.29 is 22.7 Å². The number of carbonyl (C=O) groups excluding carboxylic acids is 2. The van der Waals surface area contributed by atoms with Crippen LogP contribution in [0, 0.1) is 25.2 Å². The van der Waals surface area contributed by atoms with Gasteiger partial charge in [-0.25, -0.2) is 8.42 Å². The van der Waals surface area contributed by atoms with Crippen LogP contribution in [0.1, 0.15) is 47.2 Å². The van der Waals surface area contributed by atoms with Crippen LogP contribution in [0.5, 0.6) is 0 Å². The van der Waals surface area contributed by atoms with Crippen molar-refractivity contribution in [2.45, 2.75) is 38.6 Å². The second-order valence-corrected chi connectivity index (χ2v) is 8.50. The molecule has 0 radical (unpaired) electrons. The van der Waals surface area contributed by atoms with Crippen molar-refractivity contribution in [1.29, 1.82) is 5.26 Å². The summed E-state index contributed by atoms with van der Waals surface area (Å²) in [6.45, 7) is 6.58. The van der Waals surface area contributed by atoms with Gasteiger partial charge in [-0.1, -0.05) is 12.1 Å². The summed E-state index contributed by atoms with van der Waals surface area (Å²) in [7, 11) is -4.07. The van der Waals surface area contributed by atoms with E-state index >= 15 is 0 Å². The summed E-state index contributed by atoms with van der Waals surface area (Å²) in [5, 5.41) is 9.02. The number of sulfonamides is 1. The molecule has 1 N–H and O–H groups in total. The summed E-state index contributed by atoms with van der Waals surface area (Å²) < 4.78 is 33.6. The second kappa shape index (κ2) is 9.03. The van der Waals surface area contributed by atoms with Crippen molar-refractivity contribution in [3.63, 3.8) is 0 Å². The Labute approximate surface area is 170 Å². The van der Waals surface area contributed by atoms with Gasteiger partial charge in [0.25, 0.3) is 0 Å². The summed E-state index contributed by atoms with van der Waals surface area (Å²) in [6.07, 6.45) is 0. The third-order valence-electron chi connectivity index (χ3n) is 4.37. The highest BCUT2D eigenvalue weighted by Gasteiger charge is 2.21. The molecule has 0 saturated carbocycles. The minimum atomic E-state index is -4.07. The van der Waals surface area contributed by atoms with Crippen LogP contribution in [-0.2, 0) is 19.6 Å². The molecule has 0 unspecified atom stereocenters. The Morgan fingerprint density at radius 3 is 2.48 bits per heavy atom.